The third kappa shape index (κ3) is 5.13. The molecule has 4 nitrogen and oxygen atoms in total. The molecule has 0 atom stereocenters. The number of rotatable bonds is 3. The van der Waals surface area contributed by atoms with Gasteiger partial charge in [0.1, 0.15) is 11.9 Å². The summed E-state index contributed by atoms with van der Waals surface area (Å²) < 4.78 is 30.1. The highest BCUT2D eigenvalue weighted by molar-refractivity contribution is 7.88. The molecule has 0 radical (unpaired) electrons. The highest BCUT2D eigenvalue weighted by Gasteiger charge is 2.25. The molecule has 0 bridgehead atoms. The Labute approximate surface area is 122 Å². The van der Waals surface area contributed by atoms with Crippen molar-refractivity contribution >= 4 is 10.0 Å². The zero-order chi connectivity index (χ0) is 15.2. The van der Waals surface area contributed by atoms with Crippen molar-refractivity contribution in [3.05, 3.63) is 29.8 Å². The van der Waals surface area contributed by atoms with Crippen LogP contribution in [0.15, 0.2) is 24.3 Å². The maximum absolute atomic E-state index is 11.4. The molecule has 1 aliphatic heterocycles. The number of hydrogen-bond acceptors (Lipinski definition) is 3. The Bertz CT molecular complexity index is 488. The molecule has 0 N–H and O–H groups in total. The van der Waals surface area contributed by atoms with E-state index in [0.717, 1.165) is 18.6 Å². The van der Waals surface area contributed by atoms with Crippen LogP contribution in [0.3, 0.4) is 0 Å². The first kappa shape index (κ1) is 17.0. The van der Waals surface area contributed by atoms with Gasteiger partial charge in [0.15, 0.2) is 0 Å². The van der Waals surface area contributed by atoms with Crippen LogP contribution in [0.5, 0.6) is 5.75 Å². The van der Waals surface area contributed by atoms with Crippen LogP contribution in [-0.4, -0.2) is 38.2 Å². The first-order valence-electron chi connectivity index (χ1n) is 7.13. The van der Waals surface area contributed by atoms with E-state index in [2.05, 4.69) is 0 Å². The van der Waals surface area contributed by atoms with Gasteiger partial charge in [-0.05, 0) is 31.9 Å². The summed E-state index contributed by atoms with van der Waals surface area (Å²) in [6, 6.07) is 7.94. The molecule has 114 valence electrons. The molecule has 0 amide bonds. The molecule has 20 heavy (non-hydrogen) atoms. The number of ether oxygens (including phenoxy) is 1. The first-order valence-corrected chi connectivity index (χ1v) is 8.98. The minimum atomic E-state index is -3.05. The quantitative estimate of drug-likeness (QED) is 0.862. The van der Waals surface area contributed by atoms with Gasteiger partial charge in [-0.3, -0.25) is 0 Å². The highest BCUT2D eigenvalue weighted by atomic mass is 32.2. The van der Waals surface area contributed by atoms with Crippen molar-refractivity contribution in [3.8, 4) is 5.75 Å². The molecule has 5 heteroatoms. The number of piperidine rings is 1. The summed E-state index contributed by atoms with van der Waals surface area (Å²) in [6.07, 6.45) is 2.88. The maximum atomic E-state index is 11.4. The average molecular weight is 299 g/mol. The SMILES string of the molecule is CC.Cc1ccc(OC2CCN(S(C)(=O)=O)CC2)cc1. The van der Waals surface area contributed by atoms with E-state index in [1.54, 1.807) is 0 Å². The van der Waals surface area contributed by atoms with Gasteiger partial charge >= 0.3 is 0 Å². The van der Waals surface area contributed by atoms with Crippen molar-refractivity contribution in [3.63, 3.8) is 0 Å². The van der Waals surface area contributed by atoms with Crippen molar-refractivity contribution in [1.82, 2.24) is 4.31 Å². The smallest absolute Gasteiger partial charge is 0.211 e. The van der Waals surface area contributed by atoms with E-state index < -0.39 is 10.0 Å². The zero-order valence-electron chi connectivity index (χ0n) is 12.8. The predicted octanol–water partition coefficient (Wildman–Crippen LogP) is 2.82. The monoisotopic (exact) mass is 299 g/mol. The summed E-state index contributed by atoms with van der Waals surface area (Å²) in [7, 11) is -3.05. The van der Waals surface area contributed by atoms with Gasteiger partial charge in [0.2, 0.25) is 10.0 Å². The van der Waals surface area contributed by atoms with Crippen LogP contribution >= 0.6 is 0 Å². The van der Waals surface area contributed by atoms with Gasteiger partial charge in [-0.2, -0.15) is 0 Å². The van der Waals surface area contributed by atoms with Crippen LogP contribution in [0.2, 0.25) is 0 Å². The predicted molar refractivity (Wildman–Crippen MR) is 82.6 cm³/mol. The lowest BCUT2D eigenvalue weighted by atomic mass is 10.1. The topological polar surface area (TPSA) is 46.6 Å². The number of nitrogens with zero attached hydrogens (tertiary/aromatic N) is 1. The molecular weight excluding hydrogens is 274 g/mol. The Balaban J connectivity index is 0.000000956. The molecule has 1 saturated heterocycles. The molecule has 1 heterocycles. The molecule has 1 aromatic carbocycles. The van der Waals surface area contributed by atoms with Crippen LogP contribution in [0, 0.1) is 6.92 Å². The van der Waals surface area contributed by atoms with Gasteiger partial charge in [0.05, 0.1) is 6.26 Å². The van der Waals surface area contributed by atoms with Crippen LogP contribution in [-0.2, 0) is 10.0 Å². The molecule has 0 aliphatic carbocycles. The lowest BCUT2D eigenvalue weighted by Gasteiger charge is -2.30. The fraction of sp³-hybridized carbons (Fsp3) is 0.600. The standard InChI is InChI=1S/C13H19NO3S.C2H6/c1-11-3-5-12(6-4-11)17-13-7-9-14(10-8-13)18(2,15)16;1-2/h3-6,13H,7-10H2,1-2H3;1-2H3. The molecule has 0 saturated carbocycles. The molecule has 2 rings (SSSR count). The van der Waals surface area contributed by atoms with Crippen molar-refractivity contribution < 1.29 is 13.2 Å². The summed E-state index contributed by atoms with van der Waals surface area (Å²) in [4.78, 5) is 0. The van der Waals surface area contributed by atoms with E-state index in [4.69, 9.17) is 4.74 Å². The largest absolute Gasteiger partial charge is 0.490 e. The van der Waals surface area contributed by atoms with Crippen LogP contribution in [0.25, 0.3) is 0 Å². The minimum Gasteiger partial charge on any atom is -0.490 e. The second-order valence-corrected chi connectivity index (χ2v) is 6.77. The summed E-state index contributed by atoms with van der Waals surface area (Å²) in [5, 5.41) is 0. The zero-order valence-corrected chi connectivity index (χ0v) is 13.6. The summed E-state index contributed by atoms with van der Waals surface area (Å²) in [5.41, 5.74) is 1.20. The lowest BCUT2D eigenvalue weighted by Crippen LogP contribution is -2.41. The van der Waals surface area contributed by atoms with E-state index in [-0.39, 0.29) is 6.10 Å². The number of benzene rings is 1. The molecule has 1 fully saturated rings. The van der Waals surface area contributed by atoms with Gasteiger partial charge in [-0.25, -0.2) is 12.7 Å². The van der Waals surface area contributed by atoms with Crippen molar-refractivity contribution in [2.24, 2.45) is 0 Å². The molecule has 1 aromatic rings. The fourth-order valence-corrected chi connectivity index (χ4v) is 2.97. The second-order valence-electron chi connectivity index (χ2n) is 4.79. The van der Waals surface area contributed by atoms with E-state index >= 15 is 0 Å². The Morgan fingerprint density at radius 1 is 1.10 bits per heavy atom. The van der Waals surface area contributed by atoms with E-state index in [1.807, 2.05) is 45.0 Å². The number of sulfonamides is 1. The van der Waals surface area contributed by atoms with Gasteiger partial charge in [0.25, 0.3) is 0 Å². The molecule has 0 unspecified atom stereocenters. The Morgan fingerprint density at radius 2 is 1.60 bits per heavy atom. The second kappa shape index (κ2) is 7.64. The molecule has 0 aromatic heterocycles. The summed E-state index contributed by atoms with van der Waals surface area (Å²) in [5.74, 6) is 0.860. The highest BCUT2D eigenvalue weighted by Crippen LogP contribution is 2.20. The minimum absolute atomic E-state index is 0.116. The molecule has 0 spiro atoms. The van der Waals surface area contributed by atoms with E-state index in [0.29, 0.717) is 13.1 Å². The fourth-order valence-electron chi connectivity index (χ4n) is 2.09. The van der Waals surface area contributed by atoms with Gasteiger partial charge in [-0.15, -0.1) is 0 Å². The first-order chi connectivity index (χ1) is 9.45. The number of hydrogen-bond donors (Lipinski definition) is 0. The van der Waals surface area contributed by atoms with Gasteiger partial charge in [0, 0.05) is 13.1 Å². The number of aryl methyl sites for hydroxylation is 1. The third-order valence-corrected chi connectivity index (χ3v) is 4.50. The van der Waals surface area contributed by atoms with Crippen LogP contribution in [0.1, 0.15) is 32.3 Å². The lowest BCUT2D eigenvalue weighted by molar-refractivity contribution is 0.135. The van der Waals surface area contributed by atoms with E-state index in [9.17, 15) is 8.42 Å². The van der Waals surface area contributed by atoms with Crippen molar-refractivity contribution in [2.45, 2.75) is 39.7 Å². The normalized spacial score (nSPS) is 17.2. The van der Waals surface area contributed by atoms with Crippen molar-refractivity contribution in [1.29, 1.82) is 0 Å². The maximum Gasteiger partial charge on any atom is 0.211 e. The Kier molecular flexibility index (Phi) is 6.49. The molecule has 1 aliphatic rings. The summed E-state index contributed by atoms with van der Waals surface area (Å²) in [6.45, 7) is 7.14. The Hall–Kier alpha value is -1.07. The Morgan fingerprint density at radius 3 is 2.05 bits per heavy atom. The summed E-state index contributed by atoms with van der Waals surface area (Å²) >= 11 is 0. The van der Waals surface area contributed by atoms with Crippen LogP contribution < -0.4 is 4.74 Å². The third-order valence-electron chi connectivity index (χ3n) is 3.19. The molecular formula is C15H25NO3S. The van der Waals surface area contributed by atoms with Gasteiger partial charge < -0.3 is 4.74 Å². The van der Waals surface area contributed by atoms with Crippen LogP contribution in [0.4, 0.5) is 0 Å². The average Bonchev–Trinajstić information content (AvgIpc) is 2.43. The van der Waals surface area contributed by atoms with Gasteiger partial charge in [-0.1, -0.05) is 31.5 Å². The van der Waals surface area contributed by atoms with Crippen molar-refractivity contribution in [2.75, 3.05) is 19.3 Å². The van der Waals surface area contributed by atoms with E-state index in [1.165, 1.54) is 16.1 Å².